The lowest BCUT2D eigenvalue weighted by Crippen LogP contribution is -2.16. The van der Waals surface area contributed by atoms with Crippen LogP contribution in [-0.2, 0) is 13.1 Å². The first kappa shape index (κ1) is 14.0. The molecule has 0 aliphatic heterocycles. The van der Waals surface area contributed by atoms with Crippen LogP contribution in [0.25, 0.3) is 0 Å². The Hall–Kier alpha value is -1.39. The lowest BCUT2D eigenvalue weighted by Gasteiger charge is -2.07. The van der Waals surface area contributed by atoms with Gasteiger partial charge in [0.05, 0.1) is 11.3 Å². The van der Waals surface area contributed by atoms with Gasteiger partial charge in [-0.2, -0.15) is 0 Å². The highest BCUT2D eigenvalue weighted by Gasteiger charge is 2.04. The van der Waals surface area contributed by atoms with E-state index in [1.165, 1.54) is 0 Å². The van der Waals surface area contributed by atoms with Crippen LogP contribution >= 0.6 is 11.6 Å². The lowest BCUT2D eigenvalue weighted by atomic mass is 10.2. The second-order valence-corrected chi connectivity index (χ2v) is 4.80. The van der Waals surface area contributed by atoms with Crippen molar-refractivity contribution in [3.05, 3.63) is 53.3 Å². The first-order chi connectivity index (χ1) is 9.27. The summed E-state index contributed by atoms with van der Waals surface area (Å²) in [6.07, 6.45) is 7.66. The summed E-state index contributed by atoms with van der Waals surface area (Å²) in [5.74, 6) is -0.324. The van der Waals surface area contributed by atoms with E-state index in [0.29, 0.717) is 12.1 Å². The largest absolute Gasteiger partial charge is 0.337 e. The summed E-state index contributed by atoms with van der Waals surface area (Å²) in [7, 11) is 0. The van der Waals surface area contributed by atoms with Gasteiger partial charge in [0.15, 0.2) is 0 Å². The van der Waals surface area contributed by atoms with E-state index in [2.05, 4.69) is 14.9 Å². The maximum Gasteiger partial charge on any atom is 0.146 e. The Labute approximate surface area is 117 Å². The zero-order valence-electron chi connectivity index (χ0n) is 10.6. The molecule has 0 spiro atoms. The molecule has 1 heterocycles. The number of nitrogens with one attached hydrogen (secondary N) is 1. The van der Waals surface area contributed by atoms with Crippen molar-refractivity contribution in [1.29, 1.82) is 0 Å². The Morgan fingerprint density at radius 3 is 3.00 bits per heavy atom. The molecule has 0 radical (unpaired) electrons. The Morgan fingerprint density at radius 1 is 1.32 bits per heavy atom. The number of aryl methyl sites for hydroxylation is 1. The molecule has 0 aliphatic carbocycles. The molecule has 3 nitrogen and oxygen atoms in total. The molecule has 0 fully saturated rings. The van der Waals surface area contributed by atoms with E-state index in [4.69, 9.17) is 11.6 Å². The highest BCUT2D eigenvalue weighted by Crippen LogP contribution is 2.17. The number of benzene rings is 1. The zero-order valence-corrected chi connectivity index (χ0v) is 11.4. The predicted molar refractivity (Wildman–Crippen MR) is 74.6 cm³/mol. The summed E-state index contributed by atoms with van der Waals surface area (Å²) in [5.41, 5.74) is 0.613. The van der Waals surface area contributed by atoms with Crippen LogP contribution in [0.4, 0.5) is 4.39 Å². The van der Waals surface area contributed by atoms with Crippen LogP contribution in [0, 0.1) is 5.82 Å². The molecule has 0 saturated heterocycles. The predicted octanol–water partition coefficient (Wildman–Crippen LogP) is 3.25. The van der Waals surface area contributed by atoms with Gasteiger partial charge in [-0.25, -0.2) is 9.37 Å². The second-order valence-electron chi connectivity index (χ2n) is 4.40. The Bertz CT molecular complexity index is 499. The van der Waals surface area contributed by atoms with Crippen molar-refractivity contribution in [2.45, 2.75) is 25.9 Å². The molecule has 2 aromatic rings. The fraction of sp³-hybridized carbons (Fsp3) is 0.357. The number of aromatic nitrogens is 2. The molecule has 1 N–H and O–H groups in total. The minimum Gasteiger partial charge on any atom is -0.337 e. The minimum atomic E-state index is -0.324. The molecule has 0 unspecified atom stereocenters. The van der Waals surface area contributed by atoms with E-state index < -0.39 is 0 Å². The van der Waals surface area contributed by atoms with E-state index in [1.807, 2.05) is 12.5 Å². The summed E-state index contributed by atoms with van der Waals surface area (Å²) in [4.78, 5) is 3.99. The summed E-state index contributed by atoms with van der Waals surface area (Å²) in [6, 6.07) is 5.08. The Morgan fingerprint density at radius 2 is 2.21 bits per heavy atom. The van der Waals surface area contributed by atoms with Crippen molar-refractivity contribution in [1.82, 2.24) is 14.9 Å². The monoisotopic (exact) mass is 281 g/mol. The molecule has 0 aliphatic rings. The molecule has 1 aromatic carbocycles. The maximum absolute atomic E-state index is 13.6. The SMILES string of the molecule is Fc1c(Cl)cccc1CNCCCCn1ccnc1. The van der Waals surface area contributed by atoms with E-state index >= 15 is 0 Å². The third kappa shape index (κ3) is 4.33. The quantitative estimate of drug-likeness (QED) is 0.790. The number of imidazole rings is 1. The van der Waals surface area contributed by atoms with Crippen LogP contribution in [0.15, 0.2) is 36.9 Å². The van der Waals surface area contributed by atoms with Gasteiger partial charge in [-0.1, -0.05) is 23.7 Å². The fourth-order valence-electron chi connectivity index (χ4n) is 1.87. The van der Waals surface area contributed by atoms with Gasteiger partial charge in [0, 0.05) is 31.0 Å². The Kier molecular flexibility index (Phi) is 5.36. The fourth-order valence-corrected chi connectivity index (χ4v) is 2.07. The molecule has 19 heavy (non-hydrogen) atoms. The smallest absolute Gasteiger partial charge is 0.146 e. The van der Waals surface area contributed by atoms with E-state index in [-0.39, 0.29) is 10.8 Å². The molecule has 0 amide bonds. The highest BCUT2D eigenvalue weighted by molar-refractivity contribution is 6.30. The molecule has 1 aromatic heterocycles. The molecule has 2 rings (SSSR count). The van der Waals surface area contributed by atoms with Gasteiger partial charge < -0.3 is 9.88 Å². The summed E-state index contributed by atoms with van der Waals surface area (Å²) < 4.78 is 15.6. The standard InChI is InChI=1S/C14H17ClFN3/c15-13-5-3-4-12(14(13)16)10-17-6-1-2-8-19-9-7-18-11-19/h3-5,7,9,11,17H,1-2,6,8,10H2. The number of hydrogen-bond acceptors (Lipinski definition) is 2. The molecular formula is C14H17ClFN3. The maximum atomic E-state index is 13.6. The van der Waals surface area contributed by atoms with Crippen LogP contribution in [-0.4, -0.2) is 16.1 Å². The van der Waals surface area contributed by atoms with Crippen LogP contribution in [0.2, 0.25) is 5.02 Å². The van der Waals surface area contributed by atoms with E-state index in [9.17, 15) is 4.39 Å². The summed E-state index contributed by atoms with van der Waals surface area (Å²) >= 11 is 5.72. The summed E-state index contributed by atoms with van der Waals surface area (Å²) in [5, 5.41) is 3.41. The van der Waals surface area contributed by atoms with Crippen molar-refractivity contribution in [2.24, 2.45) is 0 Å². The zero-order chi connectivity index (χ0) is 13.5. The van der Waals surface area contributed by atoms with Gasteiger partial charge >= 0.3 is 0 Å². The first-order valence-corrected chi connectivity index (χ1v) is 6.74. The van der Waals surface area contributed by atoms with Crippen molar-refractivity contribution in [2.75, 3.05) is 6.54 Å². The van der Waals surface area contributed by atoms with Crippen molar-refractivity contribution in [3.63, 3.8) is 0 Å². The molecule has 0 atom stereocenters. The van der Waals surface area contributed by atoms with Gasteiger partial charge in [-0.05, 0) is 25.5 Å². The topological polar surface area (TPSA) is 29.9 Å². The average Bonchev–Trinajstić information content (AvgIpc) is 2.91. The van der Waals surface area contributed by atoms with Crippen LogP contribution in [0.5, 0.6) is 0 Å². The van der Waals surface area contributed by atoms with Crippen LogP contribution < -0.4 is 5.32 Å². The van der Waals surface area contributed by atoms with Gasteiger partial charge in [-0.15, -0.1) is 0 Å². The molecule has 102 valence electrons. The van der Waals surface area contributed by atoms with E-state index in [1.54, 1.807) is 24.4 Å². The second kappa shape index (κ2) is 7.26. The summed E-state index contributed by atoms with van der Waals surface area (Å²) in [6.45, 7) is 2.34. The minimum absolute atomic E-state index is 0.180. The van der Waals surface area contributed by atoms with Gasteiger partial charge in [-0.3, -0.25) is 0 Å². The van der Waals surface area contributed by atoms with Gasteiger partial charge in [0.2, 0.25) is 0 Å². The average molecular weight is 282 g/mol. The van der Waals surface area contributed by atoms with Crippen molar-refractivity contribution >= 4 is 11.6 Å². The number of halogens is 2. The van der Waals surface area contributed by atoms with Crippen LogP contribution in [0.3, 0.4) is 0 Å². The van der Waals surface area contributed by atoms with Gasteiger partial charge in [0.1, 0.15) is 5.82 Å². The molecule has 0 saturated carbocycles. The van der Waals surface area contributed by atoms with Crippen LogP contribution in [0.1, 0.15) is 18.4 Å². The van der Waals surface area contributed by atoms with Crippen molar-refractivity contribution in [3.8, 4) is 0 Å². The number of rotatable bonds is 7. The normalized spacial score (nSPS) is 10.8. The van der Waals surface area contributed by atoms with Gasteiger partial charge in [0.25, 0.3) is 0 Å². The third-order valence-electron chi connectivity index (χ3n) is 2.93. The lowest BCUT2D eigenvalue weighted by molar-refractivity contribution is 0.552. The molecular weight excluding hydrogens is 265 g/mol. The molecule has 5 heteroatoms. The number of hydrogen-bond donors (Lipinski definition) is 1. The number of unbranched alkanes of at least 4 members (excludes halogenated alkanes) is 1. The first-order valence-electron chi connectivity index (χ1n) is 6.36. The number of nitrogens with zero attached hydrogens (tertiary/aromatic N) is 2. The molecule has 0 bridgehead atoms. The highest BCUT2D eigenvalue weighted by atomic mass is 35.5. The third-order valence-corrected chi connectivity index (χ3v) is 3.22. The van der Waals surface area contributed by atoms with E-state index in [0.717, 1.165) is 25.9 Å². The van der Waals surface area contributed by atoms with Crippen molar-refractivity contribution < 1.29 is 4.39 Å². The Balaban J connectivity index is 1.63.